The molecule has 1 aromatic rings. The average molecular weight is 382 g/mol. The molecular formula is C8HF6IN2O. The first-order chi connectivity index (χ1) is 8.04. The first-order valence-corrected chi connectivity index (χ1v) is 5.06. The van der Waals surface area contributed by atoms with Crippen molar-refractivity contribution in [2.75, 3.05) is 0 Å². The normalized spacial score (nSPS) is 12.1. The van der Waals surface area contributed by atoms with Crippen LogP contribution in [0, 0.1) is 15.0 Å². The summed E-state index contributed by atoms with van der Waals surface area (Å²) in [6.45, 7) is 0. The number of nitriles is 1. The fourth-order valence-electron chi connectivity index (χ4n) is 0.943. The van der Waals surface area contributed by atoms with Crippen LogP contribution in [-0.2, 0) is 6.18 Å². The van der Waals surface area contributed by atoms with E-state index in [9.17, 15) is 26.3 Å². The topological polar surface area (TPSA) is 45.9 Å². The van der Waals surface area contributed by atoms with Crippen molar-refractivity contribution in [1.29, 1.82) is 5.26 Å². The molecule has 18 heavy (non-hydrogen) atoms. The summed E-state index contributed by atoms with van der Waals surface area (Å²) in [7, 11) is 0. The van der Waals surface area contributed by atoms with Gasteiger partial charge in [0, 0.05) is 0 Å². The maximum absolute atomic E-state index is 12.3. The second-order valence-electron chi connectivity index (χ2n) is 2.83. The number of hydrogen-bond acceptors (Lipinski definition) is 3. The van der Waals surface area contributed by atoms with Gasteiger partial charge in [0.1, 0.15) is 15.5 Å². The van der Waals surface area contributed by atoms with Crippen LogP contribution in [0.1, 0.15) is 11.3 Å². The van der Waals surface area contributed by atoms with Gasteiger partial charge in [0.05, 0.1) is 5.56 Å². The number of hydrogen-bond donors (Lipinski definition) is 0. The standard InChI is InChI=1S/C8HF6IN2O/c9-7(10,11)4-1-3(2-16)5(6(15)17-4)18-8(12,13)14/h1H. The van der Waals surface area contributed by atoms with Crippen LogP contribution in [0.15, 0.2) is 6.07 Å². The molecule has 1 rings (SSSR count). The fourth-order valence-corrected chi connectivity index (χ4v) is 1.60. The Labute approximate surface area is 110 Å². The van der Waals surface area contributed by atoms with E-state index in [1.165, 1.54) is 6.07 Å². The quantitative estimate of drug-likeness (QED) is 0.425. The number of halogens is 7. The third-order valence-electron chi connectivity index (χ3n) is 1.56. The van der Waals surface area contributed by atoms with Crippen molar-refractivity contribution in [2.45, 2.75) is 12.5 Å². The van der Waals surface area contributed by atoms with Gasteiger partial charge in [-0.3, -0.25) is 0 Å². The minimum Gasteiger partial charge on any atom is -0.402 e. The summed E-state index contributed by atoms with van der Waals surface area (Å²) in [6, 6.07) is 1.40. The highest BCUT2D eigenvalue weighted by molar-refractivity contribution is 14.1. The van der Waals surface area contributed by atoms with Crippen molar-refractivity contribution in [2.24, 2.45) is 0 Å². The molecule has 0 aromatic carbocycles. The Morgan fingerprint density at radius 3 is 2.17 bits per heavy atom. The molecule has 0 radical (unpaired) electrons. The Kier molecular flexibility index (Phi) is 3.94. The molecule has 0 spiro atoms. The highest BCUT2D eigenvalue weighted by Gasteiger charge is 2.37. The summed E-state index contributed by atoms with van der Waals surface area (Å²) in [5.74, 6) is -1.04. The number of ether oxygens (including phenoxy) is 1. The Hall–Kier alpha value is -1.25. The van der Waals surface area contributed by atoms with Crippen molar-refractivity contribution >= 4 is 22.6 Å². The maximum atomic E-state index is 12.3. The zero-order valence-corrected chi connectivity index (χ0v) is 10.2. The lowest BCUT2D eigenvalue weighted by molar-refractivity contribution is -0.275. The smallest absolute Gasteiger partial charge is 0.402 e. The SMILES string of the molecule is N#Cc1cc(C(F)(F)F)nc(I)c1OC(F)(F)F. The molecule has 0 N–H and O–H groups in total. The van der Waals surface area contributed by atoms with Gasteiger partial charge in [0.25, 0.3) is 0 Å². The van der Waals surface area contributed by atoms with Crippen LogP contribution < -0.4 is 4.74 Å². The van der Waals surface area contributed by atoms with Crippen LogP contribution in [0.4, 0.5) is 26.3 Å². The number of rotatable bonds is 1. The average Bonchev–Trinajstić information content (AvgIpc) is 2.17. The fraction of sp³-hybridized carbons (Fsp3) is 0.250. The van der Waals surface area contributed by atoms with E-state index in [0.717, 1.165) is 22.6 Å². The lowest BCUT2D eigenvalue weighted by Gasteiger charge is -2.13. The third-order valence-corrected chi connectivity index (χ3v) is 2.29. The second-order valence-corrected chi connectivity index (χ2v) is 3.85. The molecule has 0 aliphatic carbocycles. The van der Waals surface area contributed by atoms with Crippen molar-refractivity contribution in [3.05, 3.63) is 21.0 Å². The Bertz CT molecular complexity index is 504. The molecule has 0 saturated heterocycles. The molecule has 0 aliphatic rings. The van der Waals surface area contributed by atoms with Gasteiger partial charge in [-0.2, -0.15) is 18.4 Å². The van der Waals surface area contributed by atoms with E-state index >= 15 is 0 Å². The Morgan fingerprint density at radius 1 is 1.22 bits per heavy atom. The van der Waals surface area contributed by atoms with Gasteiger partial charge >= 0.3 is 12.5 Å². The van der Waals surface area contributed by atoms with E-state index in [1.54, 1.807) is 0 Å². The number of pyridine rings is 1. The molecule has 0 unspecified atom stereocenters. The lowest BCUT2D eigenvalue weighted by atomic mass is 10.2. The van der Waals surface area contributed by atoms with Crippen molar-refractivity contribution in [3.63, 3.8) is 0 Å². The molecule has 1 heterocycles. The van der Waals surface area contributed by atoms with Crippen molar-refractivity contribution in [3.8, 4) is 11.8 Å². The summed E-state index contributed by atoms with van der Waals surface area (Å²) < 4.78 is 75.7. The zero-order chi connectivity index (χ0) is 14.1. The number of aromatic nitrogens is 1. The van der Waals surface area contributed by atoms with Crippen molar-refractivity contribution < 1.29 is 31.1 Å². The molecule has 0 bridgehead atoms. The second kappa shape index (κ2) is 4.79. The molecule has 98 valence electrons. The van der Waals surface area contributed by atoms with E-state index in [0.29, 0.717) is 0 Å². The molecule has 1 aromatic heterocycles. The largest absolute Gasteiger partial charge is 0.573 e. The van der Waals surface area contributed by atoms with Crippen LogP contribution in [0.3, 0.4) is 0 Å². The van der Waals surface area contributed by atoms with Gasteiger partial charge in [0.2, 0.25) is 0 Å². The van der Waals surface area contributed by atoms with Gasteiger partial charge < -0.3 is 4.74 Å². The van der Waals surface area contributed by atoms with E-state index in [4.69, 9.17) is 5.26 Å². The Morgan fingerprint density at radius 2 is 1.78 bits per heavy atom. The first kappa shape index (κ1) is 14.8. The molecule has 0 amide bonds. The molecule has 0 saturated carbocycles. The van der Waals surface area contributed by atoms with E-state index in [2.05, 4.69) is 9.72 Å². The zero-order valence-electron chi connectivity index (χ0n) is 8.03. The number of nitrogens with zero attached hydrogens (tertiary/aromatic N) is 2. The first-order valence-electron chi connectivity index (χ1n) is 3.98. The summed E-state index contributed by atoms with van der Waals surface area (Å²) in [4.78, 5) is 2.92. The summed E-state index contributed by atoms with van der Waals surface area (Å²) >= 11 is 1.13. The third kappa shape index (κ3) is 3.62. The maximum Gasteiger partial charge on any atom is 0.573 e. The lowest BCUT2D eigenvalue weighted by Crippen LogP contribution is -2.20. The van der Waals surface area contributed by atoms with Gasteiger partial charge in [-0.25, -0.2) is 4.98 Å². The Balaban J connectivity index is 3.35. The van der Waals surface area contributed by atoms with Gasteiger partial charge in [-0.15, -0.1) is 13.2 Å². The minimum absolute atomic E-state index is 0.198. The number of alkyl halides is 6. The predicted octanol–water partition coefficient (Wildman–Crippen LogP) is 3.48. The molecule has 3 nitrogen and oxygen atoms in total. The molecular weight excluding hydrogens is 381 g/mol. The van der Waals surface area contributed by atoms with E-state index < -0.39 is 33.2 Å². The predicted molar refractivity (Wildman–Crippen MR) is 53.4 cm³/mol. The monoisotopic (exact) mass is 382 g/mol. The van der Waals surface area contributed by atoms with Crippen LogP contribution in [-0.4, -0.2) is 11.3 Å². The minimum atomic E-state index is -5.12. The van der Waals surface area contributed by atoms with Gasteiger partial charge in [-0.05, 0) is 28.7 Å². The van der Waals surface area contributed by atoms with Gasteiger partial charge in [0.15, 0.2) is 5.75 Å². The highest BCUT2D eigenvalue weighted by atomic mass is 127. The van der Waals surface area contributed by atoms with Crippen LogP contribution in [0.25, 0.3) is 0 Å². The van der Waals surface area contributed by atoms with Crippen LogP contribution in [0.2, 0.25) is 0 Å². The molecule has 0 atom stereocenters. The van der Waals surface area contributed by atoms with Crippen LogP contribution in [0.5, 0.6) is 5.75 Å². The summed E-state index contributed by atoms with van der Waals surface area (Å²) in [5.41, 5.74) is -2.35. The van der Waals surface area contributed by atoms with E-state index in [-0.39, 0.29) is 6.07 Å². The van der Waals surface area contributed by atoms with Crippen molar-refractivity contribution in [1.82, 2.24) is 4.98 Å². The summed E-state index contributed by atoms with van der Waals surface area (Å²) in [6.07, 6.45) is -9.98. The summed E-state index contributed by atoms with van der Waals surface area (Å²) in [5, 5.41) is 8.53. The molecule has 0 aliphatic heterocycles. The molecule has 0 fully saturated rings. The molecule has 10 heteroatoms. The highest BCUT2D eigenvalue weighted by Crippen LogP contribution is 2.35. The van der Waals surface area contributed by atoms with Crippen LogP contribution >= 0.6 is 22.6 Å². The van der Waals surface area contributed by atoms with Gasteiger partial charge in [-0.1, -0.05) is 0 Å². The van der Waals surface area contributed by atoms with E-state index in [1.807, 2.05) is 0 Å².